The molecule has 0 spiro atoms. The summed E-state index contributed by atoms with van der Waals surface area (Å²) >= 11 is 5.90. The van der Waals surface area contributed by atoms with E-state index in [0.29, 0.717) is 33.0 Å². The molecule has 28 heavy (non-hydrogen) atoms. The summed E-state index contributed by atoms with van der Waals surface area (Å²) in [4.78, 5) is 25.3. The minimum absolute atomic E-state index is 0.0586. The highest BCUT2D eigenvalue weighted by Gasteiger charge is 2.22. The molecular weight excluding hydrogens is 378 g/mol. The van der Waals surface area contributed by atoms with E-state index in [1.165, 1.54) is 18.4 Å². The van der Waals surface area contributed by atoms with E-state index in [9.17, 15) is 9.59 Å². The number of amides is 1. The van der Waals surface area contributed by atoms with Crippen molar-refractivity contribution in [3.8, 4) is 0 Å². The van der Waals surface area contributed by atoms with Gasteiger partial charge in [0.15, 0.2) is 5.76 Å². The number of carbonyl (C=O) groups is 2. The highest BCUT2D eigenvalue weighted by molar-refractivity contribution is 6.30. The van der Waals surface area contributed by atoms with E-state index in [0.717, 1.165) is 0 Å². The molecule has 0 atom stereocenters. The van der Waals surface area contributed by atoms with Gasteiger partial charge in [0, 0.05) is 22.0 Å². The van der Waals surface area contributed by atoms with Crippen molar-refractivity contribution in [2.45, 2.75) is 0 Å². The molecule has 6 heteroatoms. The standard InChI is InChI=1S/C22H14ClNO4/c23-15-9-7-14(8-10-15)21(26)22-20(17-5-1-2-6-18(17)28-22)24-19(25)12-11-16-4-3-13-27-16/h1-13H,(H,24,25)/b12-11+. The summed E-state index contributed by atoms with van der Waals surface area (Å²) in [6, 6.07) is 17.1. The van der Waals surface area contributed by atoms with Crippen molar-refractivity contribution in [3.63, 3.8) is 0 Å². The minimum Gasteiger partial charge on any atom is -0.465 e. The van der Waals surface area contributed by atoms with Gasteiger partial charge in [0.25, 0.3) is 0 Å². The summed E-state index contributed by atoms with van der Waals surface area (Å²) in [5.74, 6) is -0.153. The molecule has 4 rings (SSSR count). The number of rotatable bonds is 5. The predicted molar refractivity (Wildman–Crippen MR) is 107 cm³/mol. The Bertz CT molecular complexity index is 1170. The van der Waals surface area contributed by atoms with Crippen LogP contribution >= 0.6 is 11.6 Å². The first-order valence-corrected chi connectivity index (χ1v) is 8.84. The van der Waals surface area contributed by atoms with Crippen molar-refractivity contribution < 1.29 is 18.4 Å². The number of para-hydroxylation sites is 1. The van der Waals surface area contributed by atoms with Crippen molar-refractivity contribution >= 4 is 46.0 Å². The largest absolute Gasteiger partial charge is 0.465 e. The van der Waals surface area contributed by atoms with E-state index >= 15 is 0 Å². The molecule has 0 fully saturated rings. The van der Waals surface area contributed by atoms with Crippen LogP contribution in [0.15, 0.2) is 81.8 Å². The molecule has 0 bridgehead atoms. The first-order valence-electron chi connectivity index (χ1n) is 8.46. The lowest BCUT2D eigenvalue weighted by Crippen LogP contribution is -2.11. The first kappa shape index (κ1) is 17.8. The number of hydrogen-bond acceptors (Lipinski definition) is 4. The van der Waals surface area contributed by atoms with Gasteiger partial charge in [-0.05, 0) is 54.6 Å². The van der Waals surface area contributed by atoms with Crippen LogP contribution in [0.2, 0.25) is 5.02 Å². The van der Waals surface area contributed by atoms with Crippen molar-refractivity contribution in [2.24, 2.45) is 0 Å². The molecule has 0 saturated heterocycles. The SMILES string of the molecule is O=C(/C=C/c1ccco1)Nc1c(C(=O)c2ccc(Cl)cc2)oc2ccccc12. The average molecular weight is 392 g/mol. The monoisotopic (exact) mass is 391 g/mol. The van der Waals surface area contributed by atoms with Gasteiger partial charge in [0.05, 0.1) is 12.0 Å². The van der Waals surface area contributed by atoms with Crippen LogP contribution in [-0.2, 0) is 4.79 Å². The molecular formula is C22H14ClNO4. The Kier molecular flexibility index (Phi) is 4.83. The molecule has 0 aliphatic heterocycles. The zero-order valence-electron chi connectivity index (χ0n) is 14.5. The fourth-order valence-corrected chi connectivity index (χ4v) is 2.90. The Balaban J connectivity index is 1.70. The van der Waals surface area contributed by atoms with Crippen LogP contribution in [0.3, 0.4) is 0 Å². The van der Waals surface area contributed by atoms with Gasteiger partial charge in [-0.3, -0.25) is 9.59 Å². The first-order chi connectivity index (χ1) is 13.6. The summed E-state index contributed by atoms with van der Waals surface area (Å²) in [7, 11) is 0. The average Bonchev–Trinajstić information content (AvgIpc) is 3.35. The predicted octanol–water partition coefficient (Wildman–Crippen LogP) is 5.56. The summed E-state index contributed by atoms with van der Waals surface area (Å²) < 4.78 is 10.9. The number of carbonyl (C=O) groups excluding carboxylic acids is 2. The maximum atomic E-state index is 13.0. The zero-order chi connectivity index (χ0) is 19.5. The van der Waals surface area contributed by atoms with Gasteiger partial charge < -0.3 is 14.2 Å². The van der Waals surface area contributed by atoms with Crippen LogP contribution in [0, 0.1) is 0 Å². The van der Waals surface area contributed by atoms with E-state index in [-0.39, 0.29) is 11.5 Å². The molecule has 1 amide bonds. The van der Waals surface area contributed by atoms with Crippen LogP contribution in [0.25, 0.3) is 17.0 Å². The van der Waals surface area contributed by atoms with E-state index in [1.54, 1.807) is 54.6 Å². The fraction of sp³-hybridized carbons (Fsp3) is 0. The van der Waals surface area contributed by atoms with Gasteiger partial charge >= 0.3 is 0 Å². The number of furan rings is 2. The van der Waals surface area contributed by atoms with Crippen LogP contribution in [0.1, 0.15) is 21.9 Å². The summed E-state index contributed by atoms with van der Waals surface area (Å²) in [6.45, 7) is 0. The maximum Gasteiger partial charge on any atom is 0.248 e. The second-order valence-electron chi connectivity index (χ2n) is 5.98. The smallest absolute Gasteiger partial charge is 0.248 e. The molecule has 5 nitrogen and oxygen atoms in total. The van der Waals surface area contributed by atoms with Gasteiger partial charge in [-0.1, -0.05) is 23.7 Å². The van der Waals surface area contributed by atoms with E-state index in [1.807, 2.05) is 6.07 Å². The third-order valence-corrected chi connectivity index (χ3v) is 4.35. The minimum atomic E-state index is -0.409. The Morgan fingerprint density at radius 2 is 1.75 bits per heavy atom. The normalized spacial score (nSPS) is 11.2. The van der Waals surface area contributed by atoms with Crippen molar-refractivity contribution in [1.82, 2.24) is 0 Å². The molecule has 1 N–H and O–H groups in total. The quantitative estimate of drug-likeness (QED) is 0.357. The number of benzene rings is 2. The van der Waals surface area contributed by atoms with Crippen molar-refractivity contribution in [2.75, 3.05) is 5.32 Å². The molecule has 138 valence electrons. The molecule has 2 heterocycles. The Morgan fingerprint density at radius 1 is 0.964 bits per heavy atom. The fourth-order valence-electron chi connectivity index (χ4n) is 2.77. The van der Waals surface area contributed by atoms with Gasteiger partial charge in [-0.2, -0.15) is 0 Å². The Hall–Kier alpha value is -3.57. The van der Waals surface area contributed by atoms with Crippen LogP contribution in [-0.4, -0.2) is 11.7 Å². The lowest BCUT2D eigenvalue weighted by atomic mass is 10.1. The second-order valence-corrected chi connectivity index (χ2v) is 6.41. The molecule has 2 aromatic carbocycles. The highest BCUT2D eigenvalue weighted by Crippen LogP contribution is 2.32. The number of nitrogens with one attached hydrogen (secondary N) is 1. The zero-order valence-corrected chi connectivity index (χ0v) is 15.3. The second kappa shape index (κ2) is 7.58. The maximum absolute atomic E-state index is 13.0. The summed E-state index contributed by atoms with van der Waals surface area (Å²) in [5.41, 5.74) is 1.24. The Labute approximate surface area is 165 Å². The molecule has 0 unspecified atom stereocenters. The molecule has 0 aliphatic carbocycles. The summed E-state index contributed by atoms with van der Waals surface area (Å²) in [5, 5.41) is 3.91. The third kappa shape index (κ3) is 3.61. The summed E-state index contributed by atoms with van der Waals surface area (Å²) in [6.07, 6.45) is 4.39. The molecule has 2 aromatic heterocycles. The lowest BCUT2D eigenvalue weighted by Gasteiger charge is -2.04. The van der Waals surface area contributed by atoms with Crippen molar-refractivity contribution in [1.29, 1.82) is 0 Å². The van der Waals surface area contributed by atoms with Crippen LogP contribution < -0.4 is 5.32 Å². The van der Waals surface area contributed by atoms with Crippen molar-refractivity contribution in [3.05, 3.63) is 95.1 Å². The Morgan fingerprint density at radius 3 is 2.50 bits per heavy atom. The van der Waals surface area contributed by atoms with Gasteiger partial charge in [-0.25, -0.2) is 0 Å². The van der Waals surface area contributed by atoms with Gasteiger partial charge in [0.2, 0.25) is 11.7 Å². The molecule has 0 radical (unpaired) electrons. The van der Waals surface area contributed by atoms with E-state index in [4.69, 9.17) is 20.4 Å². The van der Waals surface area contributed by atoms with Gasteiger partial charge in [0.1, 0.15) is 11.3 Å². The molecule has 0 saturated carbocycles. The third-order valence-electron chi connectivity index (χ3n) is 4.10. The highest BCUT2D eigenvalue weighted by atomic mass is 35.5. The van der Waals surface area contributed by atoms with Gasteiger partial charge in [-0.15, -0.1) is 0 Å². The van der Waals surface area contributed by atoms with E-state index < -0.39 is 5.91 Å². The number of anilines is 1. The number of hydrogen-bond donors (Lipinski definition) is 1. The molecule has 4 aromatic rings. The van der Waals surface area contributed by atoms with E-state index in [2.05, 4.69) is 5.32 Å². The number of halogens is 1. The lowest BCUT2D eigenvalue weighted by molar-refractivity contribution is -0.111. The number of fused-ring (bicyclic) bond motifs is 1. The number of ketones is 1. The van der Waals surface area contributed by atoms with Crippen LogP contribution in [0.4, 0.5) is 5.69 Å². The molecule has 0 aliphatic rings. The topological polar surface area (TPSA) is 72.5 Å². The van der Waals surface area contributed by atoms with Crippen LogP contribution in [0.5, 0.6) is 0 Å².